The second kappa shape index (κ2) is 186. The van der Waals surface area contributed by atoms with E-state index in [-0.39, 0.29) is 7.43 Å². The Morgan fingerprint density at radius 3 is 0.545 bits per heavy atom. The van der Waals surface area contributed by atoms with Gasteiger partial charge in [-0.25, -0.2) is 0 Å². The highest BCUT2D eigenvalue weighted by molar-refractivity contribution is 6.31. The van der Waals surface area contributed by atoms with E-state index < -0.39 is 0 Å². The van der Waals surface area contributed by atoms with E-state index in [2.05, 4.69) is 0 Å². The minimum atomic E-state index is 0. The first kappa shape index (κ1) is 30.4. The van der Waals surface area contributed by atoms with Gasteiger partial charge < -0.3 is 0 Å². The first-order chi connectivity index (χ1) is 4.83. The van der Waals surface area contributed by atoms with Crippen LogP contribution in [0.15, 0.2) is 0 Å². The van der Waals surface area contributed by atoms with E-state index in [4.69, 9.17) is 0 Å². The molecule has 2 heteroatoms. The summed E-state index contributed by atoms with van der Waals surface area (Å²) in [5.74, 6) is 0. The van der Waals surface area contributed by atoms with Crippen molar-refractivity contribution < 1.29 is 0 Å². The maximum atomic E-state index is 2.00. The highest BCUT2D eigenvalue weighted by Crippen LogP contribution is 1.37. The molecule has 0 aromatic heterocycles. The molecule has 0 saturated carbocycles. The van der Waals surface area contributed by atoms with Crippen molar-refractivity contribution in [3.05, 3.63) is 0 Å². The third kappa shape index (κ3) is 39700. The summed E-state index contributed by atoms with van der Waals surface area (Å²) in [5, 5.41) is 0. The molecule has 0 fully saturated rings. The van der Waals surface area contributed by atoms with Gasteiger partial charge in [0.05, 0.1) is 0 Å². The van der Waals surface area contributed by atoms with Gasteiger partial charge in [-0.2, -0.15) is 0 Å². The van der Waals surface area contributed by atoms with Crippen LogP contribution in [0.4, 0.5) is 0 Å². The Labute approximate surface area is 77.7 Å². The summed E-state index contributed by atoms with van der Waals surface area (Å²) in [5.41, 5.74) is 0. The summed E-state index contributed by atoms with van der Waals surface area (Å²) in [7, 11) is 4.00. The summed E-state index contributed by atoms with van der Waals surface area (Å²) in [6.07, 6.45) is 0. The molecular formula is C9H28B2. The van der Waals surface area contributed by atoms with Crippen molar-refractivity contribution in [2.75, 3.05) is 0 Å². The first-order valence-corrected chi connectivity index (χ1v) is 4.31. The van der Waals surface area contributed by atoms with Crippen LogP contribution in [-0.4, -0.2) is 14.6 Å². The monoisotopic (exact) mass is 158 g/mol. The molecule has 0 amide bonds. The van der Waals surface area contributed by atoms with E-state index in [0.29, 0.717) is 0 Å². The molecule has 0 N–H and O–H groups in total. The van der Waals surface area contributed by atoms with Gasteiger partial charge in [0.2, 0.25) is 0 Å². The molecule has 0 aliphatic carbocycles. The van der Waals surface area contributed by atoms with Gasteiger partial charge in [0.25, 0.3) is 0 Å². The predicted octanol–water partition coefficient (Wildman–Crippen LogP) is 4.26. The molecule has 0 aliphatic rings. The topological polar surface area (TPSA) is 0 Å². The largest absolute Gasteiger partial charge is 0.102 e. The van der Waals surface area contributed by atoms with E-state index in [1.807, 2.05) is 69.5 Å². The fourth-order valence-corrected chi connectivity index (χ4v) is 0. The lowest BCUT2D eigenvalue weighted by atomic mass is 9.88. The van der Waals surface area contributed by atoms with Gasteiger partial charge in [-0.05, 0) is 0 Å². The van der Waals surface area contributed by atoms with E-state index in [1.54, 1.807) is 0 Å². The first-order valence-electron chi connectivity index (χ1n) is 4.31. The molecule has 0 aromatic carbocycles. The zero-order chi connectivity index (χ0) is 9.41. The lowest BCUT2D eigenvalue weighted by Crippen LogP contribution is -1.53. The molecule has 0 nitrogen and oxygen atoms in total. The van der Waals surface area contributed by atoms with Gasteiger partial charge in [-0.15, -0.1) is 0 Å². The van der Waals surface area contributed by atoms with Gasteiger partial charge in [0.15, 0.2) is 0 Å². The maximum Gasteiger partial charge on any atom is 0.102 e. The van der Waals surface area contributed by atoms with Crippen LogP contribution in [0.5, 0.6) is 0 Å². The average molecular weight is 158 g/mol. The molecule has 0 rings (SSSR count). The van der Waals surface area contributed by atoms with Crippen molar-refractivity contribution in [2.24, 2.45) is 0 Å². The third-order valence-electron chi connectivity index (χ3n) is 0. The van der Waals surface area contributed by atoms with Gasteiger partial charge >= 0.3 is 0 Å². The van der Waals surface area contributed by atoms with Crippen molar-refractivity contribution in [3.63, 3.8) is 0 Å². The van der Waals surface area contributed by atoms with Gasteiger partial charge in [0.1, 0.15) is 14.6 Å². The van der Waals surface area contributed by atoms with E-state index in [9.17, 15) is 0 Å². The quantitative estimate of drug-likeness (QED) is 0.462. The second-order valence-corrected chi connectivity index (χ2v) is 1.15. The van der Waals surface area contributed by atoms with Crippen molar-refractivity contribution >= 4 is 14.6 Å². The predicted molar refractivity (Wildman–Crippen MR) is 64.4 cm³/mol. The molecule has 0 unspecified atom stereocenters. The molecule has 0 bridgehead atoms. The fourth-order valence-electron chi connectivity index (χ4n) is 0. The van der Waals surface area contributed by atoms with Crippen LogP contribution >= 0.6 is 0 Å². The van der Waals surface area contributed by atoms with Crippen LogP contribution in [0, 0.1) is 0 Å². The standard InChI is InChI=1S/2C2H6B.2C2H6.CH4/c2*1-3-2;2*1-2;/h2*1-2H3;2*1-2H3;1H4. The van der Waals surface area contributed by atoms with E-state index >= 15 is 0 Å². The minimum Gasteiger partial charge on any atom is -0.0922 e. The van der Waals surface area contributed by atoms with Gasteiger partial charge in [-0.3, -0.25) is 0 Å². The molecule has 0 spiro atoms. The van der Waals surface area contributed by atoms with Crippen LogP contribution in [-0.2, 0) is 0 Å². The van der Waals surface area contributed by atoms with Crippen molar-refractivity contribution in [1.82, 2.24) is 0 Å². The summed E-state index contributed by atoms with van der Waals surface area (Å²) < 4.78 is 0. The van der Waals surface area contributed by atoms with E-state index in [1.165, 1.54) is 0 Å². The zero-order valence-corrected chi connectivity index (χ0v) is 9.15. The lowest BCUT2D eigenvalue weighted by Gasteiger charge is -1.41. The Balaban J connectivity index is -0.0000000144. The molecule has 0 saturated heterocycles. The normalized spacial score (nSPS) is 3.64. The summed E-state index contributed by atoms with van der Waals surface area (Å²) in [4.78, 5) is 0. The maximum absolute atomic E-state index is 2.00. The molecule has 2 radical (unpaired) electrons. The number of hydrogen-bond donors (Lipinski definition) is 0. The highest BCUT2D eigenvalue weighted by Gasteiger charge is 1.43. The second-order valence-electron chi connectivity index (χ2n) is 1.15. The number of hydrogen-bond acceptors (Lipinski definition) is 0. The molecule has 11 heavy (non-hydrogen) atoms. The van der Waals surface area contributed by atoms with Crippen LogP contribution in [0.1, 0.15) is 35.1 Å². The Morgan fingerprint density at radius 1 is 0.545 bits per heavy atom. The molecule has 0 atom stereocenters. The minimum absolute atomic E-state index is 0. The fraction of sp³-hybridized carbons (Fsp3) is 1.00. The zero-order valence-electron chi connectivity index (χ0n) is 9.15. The Kier molecular flexibility index (Phi) is 514. The van der Waals surface area contributed by atoms with Crippen LogP contribution in [0.2, 0.25) is 27.3 Å². The highest BCUT2D eigenvalue weighted by atomic mass is 13.0. The Bertz CT molecular complexity index is 9.52. The Morgan fingerprint density at radius 2 is 0.545 bits per heavy atom. The third-order valence-corrected chi connectivity index (χ3v) is 0. The van der Waals surface area contributed by atoms with Crippen LogP contribution in [0.25, 0.3) is 0 Å². The summed E-state index contributed by atoms with van der Waals surface area (Å²) >= 11 is 0. The SMILES string of the molecule is C.CC.CC.C[B]C.C[B]C. The summed E-state index contributed by atoms with van der Waals surface area (Å²) in [6, 6.07) is 0. The van der Waals surface area contributed by atoms with Gasteiger partial charge in [0, 0.05) is 0 Å². The molecule has 0 heterocycles. The smallest absolute Gasteiger partial charge is 0.0922 e. The van der Waals surface area contributed by atoms with Crippen molar-refractivity contribution in [3.8, 4) is 0 Å². The molecule has 70 valence electrons. The average Bonchev–Trinajstić information content (AvgIpc) is 1.99. The Hall–Kier alpha value is 0.130. The van der Waals surface area contributed by atoms with Crippen LogP contribution in [0.3, 0.4) is 0 Å². The lowest BCUT2D eigenvalue weighted by molar-refractivity contribution is 1.50. The molecule has 0 aliphatic heterocycles. The summed E-state index contributed by atoms with van der Waals surface area (Å²) in [6.45, 7) is 16.0. The van der Waals surface area contributed by atoms with E-state index in [0.717, 1.165) is 0 Å². The van der Waals surface area contributed by atoms with Gasteiger partial charge in [-0.1, -0.05) is 62.4 Å². The number of rotatable bonds is 0. The van der Waals surface area contributed by atoms with Crippen molar-refractivity contribution in [2.45, 2.75) is 62.4 Å². The molecular weight excluding hydrogens is 130 g/mol. The van der Waals surface area contributed by atoms with Crippen LogP contribution < -0.4 is 0 Å². The van der Waals surface area contributed by atoms with Crippen molar-refractivity contribution in [1.29, 1.82) is 0 Å². The molecule has 0 aromatic rings.